The fourth-order valence-corrected chi connectivity index (χ4v) is 2.43. The normalized spacial score (nSPS) is 10.8. The monoisotopic (exact) mass is 345 g/mol. The van der Waals surface area contributed by atoms with Gasteiger partial charge in [-0.15, -0.1) is 0 Å². The summed E-state index contributed by atoms with van der Waals surface area (Å²) >= 11 is 0. The fourth-order valence-electron chi connectivity index (χ4n) is 2.43. The van der Waals surface area contributed by atoms with E-state index in [4.69, 9.17) is 0 Å². The zero-order valence-corrected chi connectivity index (χ0v) is 14.5. The summed E-state index contributed by atoms with van der Waals surface area (Å²) in [6, 6.07) is 5.23. The largest absolute Gasteiger partial charge is 0.351 e. The summed E-state index contributed by atoms with van der Waals surface area (Å²) in [6.07, 6.45) is 2.74. The van der Waals surface area contributed by atoms with Gasteiger partial charge in [0.15, 0.2) is 0 Å². The second-order valence-electron chi connectivity index (χ2n) is 5.50. The van der Waals surface area contributed by atoms with E-state index in [9.17, 15) is 14.4 Å². The van der Waals surface area contributed by atoms with E-state index in [1.54, 1.807) is 24.4 Å². The van der Waals surface area contributed by atoms with E-state index >= 15 is 0 Å². The third-order valence-electron chi connectivity index (χ3n) is 3.96. The SMILES string of the molecule is CCN(CC)CCNC(=O)c1c[nH]c(=O)n(Cc2ccccn2)c1=O. The minimum Gasteiger partial charge on any atom is -0.351 e. The molecule has 8 nitrogen and oxygen atoms in total. The molecule has 0 unspecified atom stereocenters. The molecule has 0 bridgehead atoms. The van der Waals surface area contributed by atoms with Crippen LogP contribution < -0.4 is 16.6 Å². The lowest BCUT2D eigenvalue weighted by Crippen LogP contribution is -2.42. The molecular formula is C17H23N5O3. The molecule has 25 heavy (non-hydrogen) atoms. The number of rotatable bonds is 8. The molecule has 0 saturated carbocycles. The van der Waals surface area contributed by atoms with Crippen molar-refractivity contribution >= 4 is 5.91 Å². The minimum absolute atomic E-state index is 0.00950. The van der Waals surface area contributed by atoms with E-state index in [1.165, 1.54) is 0 Å². The van der Waals surface area contributed by atoms with Gasteiger partial charge in [0, 0.05) is 25.5 Å². The van der Waals surface area contributed by atoms with Crippen LogP contribution in [0, 0.1) is 0 Å². The van der Waals surface area contributed by atoms with Gasteiger partial charge in [-0.05, 0) is 25.2 Å². The van der Waals surface area contributed by atoms with Crippen molar-refractivity contribution in [2.45, 2.75) is 20.4 Å². The van der Waals surface area contributed by atoms with Gasteiger partial charge >= 0.3 is 5.69 Å². The first-order valence-electron chi connectivity index (χ1n) is 8.29. The van der Waals surface area contributed by atoms with Crippen LogP contribution in [-0.4, -0.2) is 51.5 Å². The molecule has 0 saturated heterocycles. The van der Waals surface area contributed by atoms with Gasteiger partial charge in [0.1, 0.15) is 5.56 Å². The molecule has 134 valence electrons. The van der Waals surface area contributed by atoms with Crippen molar-refractivity contribution in [2.24, 2.45) is 0 Å². The van der Waals surface area contributed by atoms with Crippen LogP contribution in [0.15, 0.2) is 40.2 Å². The number of pyridine rings is 1. The van der Waals surface area contributed by atoms with Crippen LogP contribution in [0.4, 0.5) is 0 Å². The van der Waals surface area contributed by atoms with Crippen molar-refractivity contribution in [2.75, 3.05) is 26.2 Å². The maximum absolute atomic E-state index is 12.5. The number of nitrogens with zero attached hydrogens (tertiary/aromatic N) is 3. The average molecular weight is 345 g/mol. The summed E-state index contributed by atoms with van der Waals surface area (Å²) in [5.74, 6) is -0.497. The first kappa shape index (κ1) is 18.6. The Hall–Kier alpha value is -2.74. The highest BCUT2D eigenvalue weighted by Crippen LogP contribution is 1.95. The van der Waals surface area contributed by atoms with Crippen LogP contribution >= 0.6 is 0 Å². The number of nitrogens with one attached hydrogen (secondary N) is 2. The lowest BCUT2D eigenvalue weighted by atomic mass is 10.3. The van der Waals surface area contributed by atoms with Gasteiger partial charge in [-0.3, -0.25) is 19.1 Å². The summed E-state index contributed by atoms with van der Waals surface area (Å²) in [5, 5.41) is 2.72. The predicted molar refractivity (Wildman–Crippen MR) is 94.8 cm³/mol. The van der Waals surface area contributed by atoms with E-state index in [0.29, 0.717) is 18.8 Å². The standard InChI is InChI=1S/C17H23N5O3/c1-3-21(4-2)10-9-19-15(23)14-11-20-17(25)22(16(14)24)12-13-7-5-6-8-18-13/h5-8,11H,3-4,9-10,12H2,1-2H3,(H,19,23)(H,20,25). The van der Waals surface area contributed by atoms with Crippen molar-refractivity contribution in [3.8, 4) is 0 Å². The summed E-state index contributed by atoms with van der Waals surface area (Å²) in [4.78, 5) is 45.4. The molecule has 1 amide bonds. The van der Waals surface area contributed by atoms with Crippen LogP contribution in [0.25, 0.3) is 0 Å². The van der Waals surface area contributed by atoms with Crippen LogP contribution in [-0.2, 0) is 6.54 Å². The zero-order chi connectivity index (χ0) is 18.2. The van der Waals surface area contributed by atoms with Gasteiger partial charge in [0.05, 0.1) is 12.2 Å². The predicted octanol–water partition coefficient (Wildman–Crippen LogP) is 0.0515. The highest BCUT2D eigenvalue weighted by atomic mass is 16.2. The van der Waals surface area contributed by atoms with Gasteiger partial charge in [-0.1, -0.05) is 19.9 Å². The molecule has 0 aromatic carbocycles. The quantitative estimate of drug-likeness (QED) is 0.704. The van der Waals surface area contributed by atoms with Gasteiger partial charge in [0.2, 0.25) is 0 Å². The molecule has 0 spiro atoms. The second-order valence-corrected chi connectivity index (χ2v) is 5.50. The molecule has 2 aromatic rings. The average Bonchev–Trinajstić information content (AvgIpc) is 2.63. The van der Waals surface area contributed by atoms with Crippen molar-refractivity contribution in [1.82, 2.24) is 24.8 Å². The summed E-state index contributed by atoms with van der Waals surface area (Å²) in [6.45, 7) is 7.01. The Balaban J connectivity index is 2.14. The van der Waals surface area contributed by atoms with Gasteiger partial charge in [0.25, 0.3) is 11.5 Å². The molecule has 0 aliphatic rings. The Morgan fingerprint density at radius 2 is 2.04 bits per heavy atom. The molecule has 2 N–H and O–H groups in total. The topological polar surface area (TPSA) is 100 Å². The lowest BCUT2D eigenvalue weighted by molar-refractivity contribution is 0.0946. The first-order chi connectivity index (χ1) is 12.1. The molecule has 8 heteroatoms. The first-order valence-corrected chi connectivity index (χ1v) is 8.29. The van der Waals surface area contributed by atoms with Gasteiger partial charge in [-0.2, -0.15) is 0 Å². The maximum atomic E-state index is 12.5. The number of amides is 1. The van der Waals surface area contributed by atoms with Crippen LogP contribution in [0.1, 0.15) is 29.9 Å². The third-order valence-corrected chi connectivity index (χ3v) is 3.96. The van der Waals surface area contributed by atoms with Crippen LogP contribution in [0.5, 0.6) is 0 Å². The Bertz CT molecular complexity index is 809. The molecule has 0 fully saturated rings. The van der Waals surface area contributed by atoms with Gasteiger partial charge in [-0.25, -0.2) is 4.79 Å². The maximum Gasteiger partial charge on any atom is 0.328 e. The zero-order valence-electron chi connectivity index (χ0n) is 14.5. The Morgan fingerprint density at radius 3 is 2.68 bits per heavy atom. The van der Waals surface area contributed by atoms with E-state index in [2.05, 4.69) is 20.2 Å². The van der Waals surface area contributed by atoms with E-state index < -0.39 is 17.2 Å². The molecule has 2 rings (SSSR count). The molecular weight excluding hydrogens is 322 g/mol. The van der Waals surface area contributed by atoms with Gasteiger partial charge < -0.3 is 15.2 Å². The number of aromatic nitrogens is 3. The molecule has 0 aliphatic carbocycles. The summed E-state index contributed by atoms with van der Waals surface area (Å²) in [7, 11) is 0. The number of likely N-dealkylation sites (N-methyl/N-ethyl adjacent to an activating group) is 1. The second kappa shape index (κ2) is 8.93. The summed E-state index contributed by atoms with van der Waals surface area (Å²) < 4.78 is 0.974. The van der Waals surface area contributed by atoms with Crippen LogP contribution in [0.3, 0.4) is 0 Å². The number of aromatic amines is 1. The lowest BCUT2D eigenvalue weighted by Gasteiger charge is -2.17. The van der Waals surface area contributed by atoms with Crippen LogP contribution in [0.2, 0.25) is 0 Å². The van der Waals surface area contributed by atoms with E-state index in [1.807, 2.05) is 13.8 Å². The smallest absolute Gasteiger partial charge is 0.328 e. The van der Waals surface area contributed by atoms with E-state index in [-0.39, 0.29) is 12.1 Å². The Morgan fingerprint density at radius 1 is 1.28 bits per heavy atom. The third kappa shape index (κ3) is 4.87. The number of carbonyl (C=O) groups is 1. The number of hydrogen-bond donors (Lipinski definition) is 2. The summed E-state index contributed by atoms with van der Waals surface area (Å²) in [5.41, 5.74) is -0.727. The Kier molecular flexibility index (Phi) is 6.64. The number of hydrogen-bond acceptors (Lipinski definition) is 5. The number of H-pyrrole nitrogens is 1. The van der Waals surface area contributed by atoms with Crippen molar-refractivity contribution in [3.63, 3.8) is 0 Å². The molecule has 0 aliphatic heterocycles. The van der Waals surface area contributed by atoms with Crippen molar-refractivity contribution in [3.05, 3.63) is 62.7 Å². The van der Waals surface area contributed by atoms with Crippen molar-refractivity contribution in [1.29, 1.82) is 0 Å². The van der Waals surface area contributed by atoms with E-state index in [0.717, 1.165) is 23.9 Å². The molecule has 0 radical (unpaired) electrons. The highest BCUT2D eigenvalue weighted by Gasteiger charge is 2.15. The highest BCUT2D eigenvalue weighted by molar-refractivity contribution is 5.93. The molecule has 0 atom stereocenters. The van der Waals surface area contributed by atoms with Crippen molar-refractivity contribution < 1.29 is 4.79 Å². The number of carbonyl (C=O) groups excluding carboxylic acids is 1. The Labute approximate surface area is 145 Å². The molecule has 2 aromatic heterocycles. The molecule has 2 heterocycles. The minimum atomic E-state index is -0.630. The fraction of sp³-hybridized carbons (Fsp3) is 0.412.